The molecule has 0 aliphatic carbocycles. The second-order valence-corrected chi connectivity index (χ2v) is 13.5. The Labute approximate surface area is 250 Å². The van der Waals surface area contributed by atoms with E-state index in [2.05, 4.69) is 28.5 Å². The fourth-order valence-corrected chi connectivity index (χ4v) is 6.61. The second kappa shape index (κ2) is 13.2. The average molecular weight is 590 g/mol. The van der Waals surface area contributed by atoms with Crippen LogP contribution in [0.2, 0.25) is 0 Å². The largest absolute Gasteiger partial charge is 0.324 e. The average Bonchev–Trinajstić information content (AvgIpc) is 3.29. The number of imidazole rings is 1. The number of fused-ring (bicyclic) bond motifs is 1. The van der Waals surface area contributed by atoms with Crippen LogP contribution in [0.5, 0.6) is 0 Å². The lowest BCUT2D eigenvalue weighted by Gasteiger charge is -2.21. The van der Waals surface area contributed by atoms with Gasteiger partial charge >= 0.3 is 0 Å². The van der Waals surface area contributed by atoms with Gasteiger partial charge in [0, 0.05) is 29.5 Å². The Morgan fingerprint density at radius 3 is 2.33 bits per heavy atom. The van der Waals surface area contributed by atoms with E-state index in [1.807, 2.05) is 64.1 Å². The summed E-state index contributed by atoms with van der Waals surface area (Å²) in [4.78, 5) is 22.4. The number of nitrogens with one attached hydrogen (secondary N) is 2. The topological polar surface area (TPSA) is 106 Å². The minimum Gasteiger partial charge on any atom is -0.324 e. The van der Waals surface area contributed by atoms with Crippen molar-refractivity contribution in [2.24, 2.45) is 0 Å². The summed E-state index contributed by atoms with van der Waals surface area (Å²) in [7, 11) is -3.70. The molecule has 0 aliphatic heterocycles. The van der Waals surface area contributed by atoms with Crippen molar-refractivity contribution < 1.29 is 13.2 Å². The van der Waals surface area contributed by atoms with Crippen LogP contribution in [0.15, 0.2) is 59.6 Å². The maximum Gasteiger partial charge on any atom is 0.241 e. The van der Waals surface area contributed by atoms with Gasteiger partial charge in [-0.1, -0.05) is 69.2 Å². The van der Waals surface area contributed by atoms with Gasteiger partial charge in [0.25, 0.3) is 0 Å². The molecule has 4 aromatic rings. The highest BCUT2D eigenvalue weighted by atomic mass is 32.2. The molecule has 2 aromatic heterocycles. The zero-order valence-electron chi connectivity index (χ0n) is 25.6. The van der Waals surface area contributed by atoms with E-state index >= 15 is 0 Å². The molecular weight excluding hydrogens is 546 g/mol. The van der Waals surface area contributed by atoms with Crippen LogP contribution in [0, 0.1) is 6.92 Å². The van der Waals surface area contributed by atoms with Crippen molar-refractivity contribution >= 4 is 32.8 Å². The predicted molar refractivity (Wildman–Crippen MR) is 170 cm³/mol. The minimum absolute atomic E-state index is 0.00427. The third-order valence-electron chi connectivity index (χ3n) is 7.10. The summed E-state index contributed by atoms with van der Waals surface area (Å²) in [6, 6.07) is 15.1. The first-order valence-corrected chi connectivity index (χ1v) is 16.3. The lowest BCUT2D eigenvalue weighted by Crippen LogP contribution is -2.40. The van der Waals surface area contributed by atoms with E-state index in [9.17, 15) is 13.2 Å². The van der Waals surface area contributed by atoms with Crippen LogP contribution < -0.4 is 10.0 Å². The van der Waals surface area contributed by atoms with Gasteiger partial charge in [0.2, 0.25) is 15.9 Å². The first-order valence-electron chi connectivity index (χ1n) is 14.8. The number of anilines is 1. The number of sulfonamides is 1. The fraction of sp³-hybridized carbons (Fsp3) is 0.424. The number of carbonyl (C=O) groups is 1. The molecule has 0 bridgehead atoms. The summed E-state index contributed by atoms with van der Waals surface area (Å²) >= 11 is 0. The molecule has 0 saturated carbocycles. The number of pyridine rings is 1. The third-order valence-corrected chi connectivity index (χ3v) is 8.92. The molecule has 0 radical (unpaired) electrons. The van der Waals surface area contributed by atoms with Gasteiger partial charge in [-0.05, 0) is 57.7 Å². The monoisotopic (exact) mass is 589 g/mol. The van der Waals surface area contributed by atoms with Crippen molar-refractivity contribution in [3.8, 4) is 11.1 Å². The van der Waals surface area contributed by atoms with Gasteiger partial charge in [0.05, 0.1) is 23.3 Å². The number of benzene rings is 2. The number of nitrogens with zero attached hydrogens (tertiary/aromatic N) is 3. The normalized spacial score (nSPS) is 12.1. The SMILES string of the molecule is CCCCC(=O)Nc1cnc2c(nc(CCCC)n2Cc2ccc(-c3ccccc3S(=O)(=O)NC(C)(C)C)cc2)c1C. The Morgan fingerprint density at radius 1 is 0.976 bits per heavy atom. The number of unbranched alkanes of at least 4 members (excludes halogenated alkanes) is 2. The first kappa shape index (κ1) is 31.4. The molecule has 1 amide bonds. The number of hydrogen-bond acceptors (Lipinski definition) is 5. The molecule has 42 heavy (non-hydrogen) atoms. The van der Waals surface area contributed by atoms with E-state index in [1.54, 1.807) is 18.3 Å². The molecule has 4 rings (SSSR count). The van der Waals surface area contributed by atoms with Crippen molar-refractivity contribution in [1.82, 2.24) is 19.3 Å². The highest BCUT2D eigenvalue weighted by Gasteiger charge is 2.25. The molecule has 8 nitrogen and oxygen atoms in total. The molecule has 0 aliphatic rings. The summed E-state index contributed by atoms with van der Waals surface area (Å²) in [5.41, 5.74) is 5.16. The van der Waals surface area contributed by atoms with E-state index in [1.165, 1.54) is 0 Å². The van der Waals surface area contributed by atoms with Crippen molar-refractivity contribution in [2.45, 2.75) is 97.0 Å². The fourth-order valence-electron chi connectivity index (χ4n) is 4.96. The molecule has 0 saturated heterocycles. The lowest BCUT2D eigenvalue weighted by atomic mass is 10.0. The zero-order valence-corrected chi connectivity index (χ0v) is 26.4. The van der Waals surface area contributed by atoms with E-state index < -0.39 is 15.6 Å². The Morgan fingerprint density at radius 2 is 1.67 bits per heavy atom. The molecule has 0 unspecified atom stereocenters. The first-order chi connectivity index (χ1) is 19.9. The summed E-state index contributed by atoms with van der Waals surface area (Å²) in [5.74, 6) is 0.959. The summed E-state index contributed by atoms with van der Waals surface area (Å²) in [6.07, 6.45) is 6.93. The van der Waals surface area contributed by atoms with Crippen molar-refractivity contribution in [3.05, 3.63) is 71.7 Å². The zero-order chi connectivity index (χ0) is 30.5. The van der Waals surface area contributed by atoms with Crippen LogP contribution >= 0.6 is 0 Å². The number of hydrogen-bond donors (Lipinski definition) is 2. The van der Waals surface area contributed by atoms with Crippen LogP contribution in [0.3, 0.4) is 0 Å². The van der Waals surface area contributed by atoms with Gasteiger partial charge in [-0.3, -0.25) is 4.79 Å². The number of aryl methyl sites for hydroxylation is 2. The second-order valence-electron chi connectivity index (χ2n) is 11.9. The molecule has 0 spiro atoms. The standard InChI is InChI=1S/C33H43N5O3S/c1-7-9-15-29-36-31-23(3)27(35-30(39)16-10-8-2)21-34-32(31)38(29)22-24-17-19-25(20-18-24)26-13-11-12-14-28(26)42(40,41)37-33(4,5)6/h11-14,17-21,37H,7-10,15-16,22H2,1-6H3,(H,35,39). The Balaban J connectivity index is 1.65. The molecule has 0 atom stereocenters. The summed E-state index contributed by atoms with van der Waals surface area (Å²) in [6.45, 7) is 12.3. The van der Waals surface area contributed by atoms with Gasteiger partial charge in [-0.25, -0.2) is 23.1 Å². The van der Waals surface area contributed by atoms with Crippen molar-refractivity contribution in [3.63, 3.8) is 0 Å². The van der Waals surface area contributed by atoms with Crippen LogP contribution in [0.4, 0.5) is 5.69 Å². The Bertz CT molecular complexity index is 1650. The van der Waals surface area contributed by atoms with Gasteiger partial charge in [-0.2, -0.15) is 0 Å². The third kappa shape index (κ3) is 7.44. The molecule has 2 N–H and O–H groups in total. The van der Waals surface area contributed by atoms with Crippen molar-refractivity contribution in [1.29, 1.82) is 0 Å². The molecule has 224 valence electrons. The number of amides is 1. The van der Waals surface area contributed by atoms with E-state index in [4.69, 9.17) is 9.97 Å². The summed E-state index contributed by atoms with van der Waals surface area (Å²) in [5, 5.41) is 3.01. The minimum atomic E-state index is -3.70. The van der Waals surface area contributed by atoms with E-state index in [-0.39, 0.29) is 10.8 Å². The Hall–Kier alpha value is -3.56. The highest BCUT2D eigenvalue weighted by Crippen LogP contribution is 2.30. The van der Waals surface area contributed by atoms with Crippen molar-refractivity contribution in [2.75, 3.05) is 5.32 Å². The predicted octanol–water partition coefficient (Wildman–Crippen LogP) is 7.00. The molecular formula is C33H43N5O3S. The van der Waals surface area contributed by atoms with Gasteiger partial charge in [-0.15, -0.1) is 0 Å². The number of carbonyl (C=O) groups excluding carboxylic acids is 1. The quantitative estimate of drug-likeness (QED) is 0.185. The van der Waals surface area contributed by atoms with E-state index in [0.717, 1.165) is 65.8 Å². The number of aromatic nitrogens is 3. The molecule has 2 heterocycles. The molecule has 9 heteroatoms. The highest BCUT2D eigenvalue weighted by molar-refractivity contribution is 7.89. The van der Waals surface area contributed by atoms with Gasteiger partial charge in [0.1, 0.15) is 11.3 Å². The maximum atomic E-state index is 13.2. The summed E-state index contributed by atoms with van der Waals surface area (Å²) < 4.78 is 31.3. The lowest BCUT2D eigenvalue weighted by molar-refractivity contribution is -0.116. The van der Waals surface area contributed by atoms with E-state index in [0.29, 0.717) is 24.2 Å². The van der Waals surface area contributed by atoms with Gasteiger partial charge < -0.3 is 9.88 Å². The van der Waals surface area contributed by atoms with Crippen LogP contribution in [0.1, 0.15) is 83.7 Å². The maximum absolute atomic E-state index is 13.2. The molecule has 2 aromatic carbocycles. The number of rotatable bonds is 12. The van der Waals surface area contributed by atoms with Crippen LogP contribution in [-0.2, 0) is 27.8 Å². The smallest absolute Gasteiger partial charge is 0.241 e. The molecule has 0 fully saturated rings. The van der Waals surface area contributed by atoms with Crippen LogP contribution in [0.25, 0.3) is 22.3 Å². The van der Waals surface area contributed by atoms with Gasteiger partial charge in [0.15, 0.2) is 5.65 Å². The van der Waals surface area contributed by atoms with Crippen LogP contribution in [-0.4, -0.2) is 34.4 Å². The Kier molecular flexibility index (Phi) is 9.84.